The molecule has 1 atom stereocenters. The number of rotatable bonds is 5. The van der Waals surface area contributed by atoms with E-state index in [1.165, 1.54) is 0 Å². The van der Waals surface area contributed by atoms with Gasteiger partial charge in [0.2, 0.25) is 0 Å². The molecule has 190 valence electrons. The fourth-order valence-corrected chi connectivity index (χ4v) is 3.74. The second kappa shape index (κ2) is 12.7. The second-order valence-electron chi connectivity index (χ2n) is 8.36. The molecule has 0 bridgehead atoms. The number of aliphatic hydroxyl groups excluding tert-OH is 1. The Morgan fingerprint density at radius 2 is 1.47 bits per heavy atom. The predicted octanol–water partition coefficient (Wildman–Crippen LogP) is 0.518. The molecule has 0 saturated carbocycles. The molecule has 2 aromatic carbocycles. The summed E-state index contributed by atoms with van der Waals surface area (Å²) in [7, 11) is 0. The molecule has 0 fully saturated rings. The molecule has 2 heterocycles. The third-order valence-corrected chi connectivity index (χ3v) is 5.58. The van der Waals surface area contributed by atoms with Crippen LogP contribution in [-0.4, -0.2) is 76.2 Å². The standard InChI is InChI=1S/C25H30N6O5/c32-21(19-6-2-1-3-7-19)16-31-15-20(28-29-31)14-30-12-10-26-24(33)17-35-22-8-4-5-9-23(22)36-18-25(34)27-11-13-30/h1-9,15,21,32H,10-14,16-18H2,(H,26,33)(H,27,34). The van der Waals surface area contributed by atoms with Crippen molar-refractivity contribution in [1.82, 2.24) is 30.5 Å². The average Bonchev–Trinajstić information content (AvgIpc) is 3.33. The van der Waals surface area contributed by atoms with Crippen LogP contribution in [0, 0.1) is 0 Å². The van der Waals surface area contributed by atoms with E-state index >= 15 is 0 Å². The smallest absolute Gasteiger partial charge is 0.257 e. The number of hydrogen-bond acceptors (Lipinski definition) is 8. The van der Waals surface area contributed by atoms with Gasteiger partial charge in [-0.2, -0.15) is 0 Å². The van der Waals surface area contributed by atoms with Crippen LogP contribution in [0.15, 0.2) is 60.8 Å². The largest absolute Gasteiger partial charge is 0.480 e. The van der Waals surface area contributed by atoms with E-state index in [4.69, 9.17) is 9.47 Å². The van der Waals surface area contributed by atoms with E-state index in [-0.39, 0.29) is 31.6 Å². The van der Waals surface area contributed by atoms with Crippen molar-refractivity contribution in [1.29, 1.82) is 0 Å². The number of fused-ring (bicyclic) bond motifs is 1. The Kier molecular flexibility index (Phi) is 8.84. The Hall–Kier alpha value is -3.96. The highest BCUT2D eigenvalue weighted by Crippen LogP contribution is 2.26. The molecule has 4 rings (SSSR count). The van der Waals surface area contributed by atoms with Crippen molar-refractivity contribution < 1.29 is 24.2 Å². The normalized spacial score (nSPS) is 16.8. The van der Waals surface area contributed by atoms with Crippen molar-refractivity contribution in [2.45, 2.75) is 19.2 Å². The van der Waals surface area contributed by atoms with Gasteiger partial charge < -0.3 is 25.2 Å². The molecule has 3 N–H and O–H groups in total. The monoisotopic (exact) mass is 494 g/mol. The lowest BCUT2D eigenvalue weighted by molar-refractivity contribution is -0.124. The molecule has 2 amide bonds. The quantitative estimate of drug-likeness (QED) is 0.468. The number of aliphatic hydroxyl groups is 1. The fourth-order valence-electron chi connectivity index (χ4n) is 3.74. The van der Waals surface area contributed by atoms with Gasteiger partial charge in [0, 0.05) is 38.9 Å². The predicted molar refractivity (Wildman–Crippen MR) is 130 cm³/mol. The van der Waals surface area contributed by atoms with Crippen LogP contribution in [0.3, 0.4) is 0 Å². The number of hydrogen-bond donors (Lipinski definition) is 3. The number of ether oxygens (including phenoxy) is 2. The highest BCUT2D eigenvalue weighted by Gasteiger charge is 2.15. The Balaban J connectivity index is 1.35. The van der Waals surface area contributed by atoms with Crippen LogP contribution in [0.1, 0.15) is 17.4 Å². The molecular formula is C25H30N6O5. The maximum absolute atomic E-state index is 12.3. The number of nitrogens with one attached hydrogen (secondary N) is 2. The minimum Gasteiger partial charge on any atom is -0.480 e. The molecule has 0 radical (unpaired) electrons. The van der Waals surface area contributed by atoms with E-state index in [2.05, 4.69) is 25.8 Å². The number of carbonyl (C=O) groups excluding carboxylic acids is 2. The number of nitrogens with zero attached hydrogens (tertiary/aromatic N) is 4. The van der Waals surface area contributed by atoms with Gasteiger partial charge in [0.15, 0.2) is 24.7 Å². The van der Waals surface area contributed by atoms with Crippen molar-refractivity contribution in [3.63, 3.8) is 0 Å². The number of benzene rings is 2. The number of aromatic nitrogens is 3. The molecule has 0 spiro atoms. The van der Waals surface area contributed by atoms with E-state index in [0.717, 1.165) is 5.56 Å². The van der Waals surface area contributed by atoms with Crippen molar-refractivity contribution in [3.05, 3.63) is 72.1 Å². The summed E-state index contributed by atoms with van der Waals surface area (Å²) in [6.07, 6.45) is 1.10. The maximum atomic E-state index is 12.3. The van der Waals surface area contributed by atoms with Crippen molar-refractivity contribution in [2.24, 2.45) is 0 Å². The lowest BCUT2D eigenvalue weighted by atomic mass is 10.1. The Morgan fingerprint density at radius 3 is 2.08 bits per heavy atom. The highest BCUT2D eigenvalue weighted by molar-refractivity contribution is 5.78. The molecule has 11 heteroatoms. The molecule has 1 aromatic heterocycles. The first-order valence-electron chi connectivity index (χ1n) is 11.8. The summed E-state index contributed by atoms with van der Waals surface area (Å²) < 4.78 is 12.8. The van der Waals surface area contributed by atoms with Crippen molar-refractivity contribution in [2.75, 3.05) is 39.4 Å². The zero-order valence-corrected chi connectivity index (χ0v) is 19.9. The SMILES string of the molecule is O=C1COc2ccccc2OCC(=O)NCCN(Cc2cn(CC(O)c3ccccc3)nn2)CCN1. The van der Waals surface area contributed by atoms with Gasteiger partial charge in [0.25, 0.3) is 11.8 Å². The molecule has 1 aliphatic rings. The van der Waals surface area contributed by atoms with E-state index in [9.17, 15) is 14.7 Å². The molecule has 1 aliphatic heterocycles. The first kappa shape index (κ1) is 25.1. The van der Waals surface area contributed by atoms with Gasteiger partial charge in [-0.05, 0) is 17.7 Å². The summed E-state index contributed by atoms with van der Waals surface area (Å²) in [5.74, 6) is 0.291. The van der Waals surface area contributed by atoms with Crippen LogP contribution in [0.4, 0.5) is 0 Å². The van der Waals surface area contributed by atoms with Gasteiger partial charge in [-0.15, -0.1) is 5.10 Å². The van der Waals surface area contributed by atoms with Gasteiger partial charge >= 0.3 is 0 Å². The summed E-state index contributed by atoms with van der Waals surface area (Å²) in [5.41, 5.74) is 1.52. The highest BCUT2D eigenvalue weighted by atomic mass is 16.5. The molecular weight excluding hydrogens is 464 g/mol. The number of para-hydroxylation sites is 2. The maximum Gasteiger partial charge on any atom is 0.257 e. The Bertz CT molecular complexity index is 1090. The third kappa shape index (κ3) is 7.52. The van der Waals surface area contributed by atoms with Crippen LogP contribution in [-0.2, 0) is 22.7 Å². The molecule has 1 unspecified atom stereocenters. The third-order valence-electron chi connectivity index (χ3n) is 5.58. The average molecular weight is 495 g/mol. The zero-order valence-electron chi connectivity index (χ0n) is 19.9. The molecule has 0 saturated heterocycles. The minimum absolute atomic E-state index is 0.162. The van der Waals surface area contributed by atoms with E-state index in [1.807, 2.05) is 30.3 Å². The summed E-state index contributed by atoms with van der Waals surface area (Å²) >= 11 is 0. The molecule has 0 aliphatic carbocycles. The Morgan fingerprint density at radius 1 is 0.889 bits per heavy atom. The van der Waals surface area contributed by atoms with E-state index in [1.54, 1.807) is 35.1 Å². The number of carbonyl (C=O) groups is 2. The summed E-state index contributed by atoms with van der Waals surface area (Å²) in [5, 5.41) is 24.5. The van der Waals surface area contributed by atoms with Gasteiger partial charge in [0.1, 0.15) is 0 Å². The Labute approximate surface area is 209 Å². The summed E-state index contributed by atoms with van der Waals surface area (Å²) in [4.78, 5) is 26.6. The number of amides is 2. The van der Waals surface area contributed by atoms with Gasteiger partial charge in [-0.3, -0.25) is 14.5 Å². The van der Waals surface area contributed by atoms with Crippen LogP contribution in [0.25, 0.3) is 0 Å². The van der Waals surface area contributed by atoms with Crippen LogP contribution < -0.4 is 20.1 Å². The molecule has 36 heavy (non-hydrogen) atoms. The molecule has 11 nitrogen and oxygen atoms in total. The lowest BCUT2D eigenvalue weighted by Crippen LogP contribution is -2.40. The van der Waals surface area contributed by atoms with Crippen molar-refractivity contribution >= 4 is 11.8 Å². The van der Waals surface area contributed by atoms with Crippen LogP contribution >= 0.6 is 0 Å². The van der Waals surface area contributed by atoms with E-state index in [0.29, 0.717) is 49.9 Å². The minimum atomic E-state index is -0.694. The van der Waals surface area contributed by atoms with Crippen LogP contribution in [0.2, 0.25) is 0 Å². The molecule has 3 aromatic rings. The van der Waals surface area contributed by atoms with Gasteiger partial charge in [0.05, 0.1) is 18.3 Å². The van der Waals surface area contributed by atoms with Crippen LogP contribution in [0.5, 0.6) is 11.5 Å². The lowest BCUT2D eigenvalue weighted by Gasteiger charge is -2.21. The topological polar surface area (TPSA) is 131 Å². The summed E-state index contributed by atoms with van der Waals surface area (Å²) in [6, 6.07) is 16.3. The fraction of sp³-hybridized carbons (Fsp3) is 0.360. The second-order valence-corrected chi connectivity index (χ2v) is 8.36. The van der Waals surface area contributed by atoms with E-state index < -0.39 is 6.10 Å². The van der Waals surface area contributed by atoms with Crippen molar-refractivity contribution in [3.8, 4) is 11.5 Å². The first-order valence-corrected chi connectivity index (χ1v) is 11.8. The first-order chi connectivity index (χ1) is 17.6. The van der Waals surface area contributed by atoms with Gasteiger partial charge in [-0.1, -0.05) is 47.7 Å². The summed E-state index contributed by atoms with van der Waals surface area (Å²) in [6.45, 7) is 2.29. The zero-order chi connectivity index (χ0) is 25.2. The van der Waals surface area contributed by atoms with Gasteiger partial charge in [-0.25, -0.2) is 4.68 Å².